The first kappa shape index (κ1) is 9.89. The predicted octanol–water partition coefficient (Wildman–Crippen LogP) is 3.33. The molecular weight excluding hydrogens is 220 g/mol. The van der Waals surface area contributed by atoms with Crippen molar-refractivity contribution < 1.29 is 0 Å². The number of aliphatic imine (C=N–C) groups is 1. The molecule has 0 bridgehead atoms. The summed E-state index contributed by atoms with van der Waals surface area (Å²) in [7, 11) is 0. The van der Waals surface area contributed by atoms with Crippen LogP contribution in [0.2, 0.25) is 0 Å². The van der Waals surface area contributed by atoms with Crippen molar-refractivity contribution in [2.45, 2.75) is 19.0 Å². The van der Waals surface area contributed by atoms with E-state index in [1.165, 1.54) is 16.8 Å². The molecule has 2 aliphatic heterocycles. The first-order chi connectivity index (χ1) is 8.92. The van der Waals surface area contributed by atoms with Crippen LogP contribution in [-0.2, 0) is 13.0 Å². The van der Waals surface area contributed by atoms with Crippen LogP contribution in [0.4, 0.5) is 11.4 Å². The summed E-state index contributed by atoms with van der Waals surface area (Å²) in [6, 6.07) is 17.5. The third-order valence-electron chi connectivity index (χ3n) is 3.85. The Morgan fingerprint density at radius 1 is 0.944 bits per heavy atom. The zero-order valence-corrected chi connectivity index (χ0v) is 10.1. The molecule has 88 valence electrons. The van der Waals surface area contributed by atoms with Crippen LogP contribution in [0.1, 0.15) is 11.1 Å². The normalized spacial score (nSPS) is 20.0. The number of benzene rings is 2. The van der Waals surface area contributed by atoms with E-state index in [0.29, 0.717) is 6.04 Å². The van der Waals surface area contributed by atoms with E-state index >= 15 is 0 Å². The molecule has 2 aromatic rings. The zero-order chi connectivity index (χ0) is 11.9. The van der Waals surface area contributed by atoms with Crippen molar-refractivity contribution >= 4 is 17.6 Å². The van der Waals surface area contributed by atoms with Crippen molar-refractivity contribution in [3.63, 3.8) is 0 Å². The van der Waals surface area contributed by atoms with Gasteiger partial charge < -0.3 is 4.90 Å². The quantitative estimate of drug-likeness (QED) is 0.682. The topological polar surface area (TPSA) is 15.6 Å². The van der Waals surface area contributed by atoms with Crippen LogP contribution in [0, 0.1) is 0 Å². The lowest BCUT2D eigenvalue weighted by atomic mass is 10.1. The largest absolute Gasteiger partial charge is 0.359 e. The van der Waals surface area contributed by atoms with Crippen LogP contribution in [-0.4, -0.2) is 12.3 Å². The predicted molar refractivity (Wildman–Crippen MR) is 74.7 cm³/mol. The molecule has 18 heavy (non-hydrogen) atoms. The number of para-hydroxylation sites is 2. The molecule has 0 saturated heterocycles. The van der Waals surface area contributed by atoms with Crippen molar-refractivity contribution in [3.8, 4) is 0 Å². The second kappa shape index (κ2) is 3.70. The van der Waals surface area contributed by atoms with Crippen LogP contribution < -0.4 is 4.90 Å². The van der Waals surface area contributed by atoms with Gasteiger partial charge in [0.2, 0.25) is 0 Å². The Hall–Kier alpha value is -2.09. The van der Waals surface area contributed by atoms with Gasteiger partial charge in [0.05, 0.1) is 11.7 Å². The molecule has 0 fully saturated rings. The van der Waals surface area contributed by atoms with Gasteiger partial charge in [-0.05, 0) is 29.7 Å². The van der Waals surface area contributed by atoms with Gasteiger partial charge in [0.1, 0.15) is 0 Å². The van der Waals surface area contributed by atoms with Gasteiger partial charge in [-0.25, -0.2) is 0 Å². The minimum absolute atomic E-state index is 0.412. The second-order valence-corrected chi connectivity index (χ2v) is 4.93. The summed E-state index contributed by atoms with van der Waals surface area (Å²) in [5.41, 5.74) is 5.23. The van der Waals surface area contributed by atoms with Crippen LogP contribution in [0.5, 0.6) is 0 Å². The first-order valence-electron chi connectivity index (χ1n) is 6.38. The summed E-state index contributed by atoms with van der Waals surface area (Å²) >= 11 is 0. The number of anilines is 1. The van der Waals surface area contributed by atoms with Crippen molar-refractivity contribution in [2.75, 3.05) is 4.90 Å². The molecule has 2 heteroatoms. The molecule has 2 heterocycles. The standard InChI is InChI=1S/C16H14N2/c1-3-7-15-13(6-1)11-18-14(10-17-15)9-12-5-2-4-8-16(12)18/h1-8,10,14H,9,11H2. The number of hydrogen-bond acceptors (Lipinski definition) is 2. The number of nitrogens with zero attached hydrogens (tertiary/aromatic N) is 2. The van der Waals surface area contributed by atoms with Crippen LogP contribution in [0.3, 0.4) is 0 Å². The Balaban J connectivity index is 1.82. The smallest absolute Gasteiger partial charge is 0.0689 e. The Morgan fingerprint density at radius 3 is 2.67 bits per heavy atom. The van der Waals surface area contributed by atoms with E-state index in [1.54, 1.807) is 0 Å². The van der Waals surface area contributed by atoms with E-state index in [-0.39, 0.29) is 0 Å². The maximum absolute atomic E-state index is 4.65. The van der Waals surface area contributed by atoms with Crippen molar-refractivity contribution in [2.24, 2.45) is 4.99 Å². The van der Waals surface area contributed by atoms with E-state index in [4.69, 9.17) is 0 Å². The highest BCUT2D eigenvalue weighted by molar-refractivity contribution is 5.80. The average Bonchev–Trinajstić information content (AvgIpc) is 2.65. The molecule has 1 atom stereocenters. The van der Waals surface area contributed by atoms with E-state index in [2.05, 4.69) is 64.6 Å². The van der Waals surface area contributed by atoms with Gasteiger partial charge in [0.15, 0.2) is 0 Å². The molecule has 1 unspecified atom stereocenters. The zero-order valence-electron chi connectivity index (χ0n) is 10.1. The highest BCUT2D eigenvalue weighted by Crippen LogP contribution is 2.36. The summed E-state index contributed by atoms with van der Waals surface area (Å²) in [5.74, 6) is 0. The Labute approximate surface area is 107 Å². The Bertz CT molecular complexity index is 630. The van der Waals surface area contributed by atoms with Crippen LogP contribution >= 0.6 is 0 Å². The van der Waals surface area contributed by atoms with Gasteiger partial charge in [-0.3, -0.25) is 4.99 Å². The van der Waals surface area contributed by atoms with Gasteiger partial charge in [-0.2, -0.15) is 0 Å². The summed E-state index contributed by atoms with van der Waals surface area (Å²) in [5, 5.41) is 0. The fourth-order valence-corrected chi connectivity index (χ4v) is 2.93. The Morgan fingerprint density at radius 2 is 1.72 bits per heavy atom. The SMILES string of the molecule is C1=Nc2ccccc2CN2c3ccccc3CC12. The first-order valence-corrected chi connectivity index (χ1v) is 6.38. The molecule has 2 aliphatic rings. The average molecular weight is 234 g/mol. The fraction of sp³-hybridized carbons (Fsp3) is 0.188. The van der Waals surface area contributed by atoms with E-state index in [1.807, 2.05) is 0 Å². The van der Waals surface area contributed by atoms with Crippen molar-refractivity contribution in [3.05, 3.63) is 59.7 Å². The summed E-state index contributed by atoms with van der Waals surface area (Å²) in [6.45, 7) is 0.956. The van der Waals surface area contributed by atoms with Gasteiger partial charge in [0.25, 0.3) is 0 Å². The molecule has 0 N–H and O–H groups in total. The summed E-state index contributed by atoms with van der Waals surface area (Å²) < 4.78 is 0. The molecule has 0 aromatic heterocycles. The van der Waals surface area contributed by atoms with Crippen LogP contribution in [0.25, 0.3) is 0 Å². The van der Waals surface area contributed by atoms with Gasteiger partial charge in [-0.1, -0.05) is 36.4 Å². The summed E-state index contributed by atoms with van der Waals surface area (Å²) in [6.07, 6.45) is 3.18. The lowest BCUT2D eigenvalue weighted by molar-refractivity contribution is 0.773. The maximum atomic E-state index is 4.65. The van der Waals surface area contributed by atoms with Gasteiger partial charge in [0, 0.05) is 18.4 Å². The highest BCUT2D eigenvalue weighted by Gasteiger charge is 2.29. The third kappa shape index (κ3) is 1.39. The number of rotatable bonds is 0. The molecule has 0 amide bonds. The fourth-order valence-electron chi connectivity index (χ4n) is 2.93. The van der Waals surface area contributed by atoms with Crippen molar-refractivity contribution in [1.29, 1.82) is 0 Å². The monoisotopic (exact) mass is 234 g/mol. The van der Waals surface area contributed by atoms with E-state index in [0.717, 1.165) is 18.7 Å². The molecule has 0 saturated carbocycles. The van der Waals surface area contributed by atoms with E-state index < -0.39 is 0 Å². The van der Waals surface area contributed by atoms with Gasteiger partial charge >= 0.3 is 0 Å². The number of fused-ring (bicyclic) bond motifs is 4. The molecule has 0 aliphatic carbocycles. The molecule has 4 rings (SSSR count). The molecule has 2 nitrogen and oxygen atoms in total. The lowest BCUT2D eigenvalue weighted by Gasteiger charge is -2.23. The molecular formula is C16H14N2. The number of hydrogen-bond donors (Lipinski definition) is 0. The minimum Gasteiger partial charge on any atom is -0.359 e. The summed E-state index contributed by atoms with van der Waals surface area (Å²) in [4.78, 5) is 7.11. The lowest BCUT2D eigenvalue weighted by Crippen LogP contribution is -2.31. The highest BCUT2D eigenvalue weighted by atomic mass is 15.2. The molecule has 0 spiro atoms. The minimum atomic E-state index is 0.412. The van der Waals surface area contributed by atoms with Crippen LogP contribution in [0.15, 0.2) is 53.5 Å². The third-order valence-corrected chi connectivity index (χ3v) is 3.85. The second-order valence-electron chi connectivity index (χ2n) is 4.93. The molecule has 0 radical (unpaired) electrons. The Kier molecular flexibility index (Phi) is 2.04. The van der Waals surface area contributed by atoms with Gasteiger partial charge in [-0.15, -0.1) is 0 Å². The van der Waals surface area contributed by atoms with Crippen molar-refractivity contribution in [1.82, 2.24) is 0 Å². The molecule has 2 aromatic carbocycles. The van der Waals surface area contributed by atoms with E-state index in [9.17, 15) is 0 Å². The maximum Gasteiger partial charge on any atom is 0.0689 e.